The summed E-state index contributed by atoms with van der Waals surface area (Å²) < 4.78 is 0. The van der Waals surface area contributed by atoms with Crippen LogP contribution in [0.15, 0.2) is 48.5 Å². The molecular formula is C16H18ClN. The summed E-state index contributed by atoms with van der Waals surface area (Å²) >= 11 is 6.07. The average molecular weight is 260 g/mol. The Labute approximate surface area is 114 Å². The lowest BCUT2D eigenvalue weighted by Crippen LogP contribution is -2.17. The minimum absolute atomic E-state index is 0.542. The Balaban J connectivity index is 2.45. The third kappa shape index (κ3) is 2.68. The summed E-state index contributed by atoms with van der Waals surface area (Å²) in [5.41, 5.74) is 4.83. The summed E-state index contributed by atoms with van der Waals surface area (Å²) in [4.78, 5) is 2.29. The van der Waals surface area contributed by atoms with Gasteiger partial charge < -0.3 is 4.90 Å². The van der Waals surface area contributed by atoms with Crippen LogP contribution in [0.2, 0.25) is 0 Å². The standard InChI is InChI=1S/C16H18ClN/c1-3-18(15-7-5-4-6-8-15)16-10-9-13(2)11-14(16)12-17/h4-11H,3,12H2,1-2H3. The minimum Gasteiger partial charge on any atom is -0.342 e. The van der Waals surface area contributed by atoms with E-state index in [-0.39, 0.29) is 0 Å². The van der Waals surface area contributed by atoms with Crippen LogP contribution in [0.25, 0.3) is 0 Å². The van der Waals surface area contributed by atoms with Gasteiger partial charge in [-0.2, -0.15) is 0 Å². The molecule has 0 fully saturated rings. The lowest BCUT2D eigenvalue weighted by Gasteiger charge is -2.25. The van der Waals surface area contributed by atoms with Crippen LogP contribution in [0, 0.1) is 6.92 Å². The van der Waals surface area contributed by atoms with Crippen LogP contribution in [0.5, 0.6) is 0 Å². The predicted octanol–water partition coefficient (Wildman–Crippen LogP) is 4.89. The van der Waals surface area contributed by atoms with Crippen molar-refractivity contribution in [3.8, 4) is 0 Å². The normalized spacial score (nSPS) is 10.4. The van der Waals surface area contributed by atoms with Crippen LogP contribution in [-0.4, -0.2) is 6.54 Å². The summed E-state index contributed by atoms with van der Waals surface area (Å²) in [5.74, 6) is 0.542. The molecule has 0 aliphatic rings. The maximum atomic E-state index is 6.07. The Hall–Kier alpha value is -1.47. The van der Waals surface area contributed by atoms with Crippen molar-refractivity contribution >= 4 is 23.0 Å². The Morgan fingerprint density at radius 3 is 2.39 bits per heavy atom. The van der Waals surface area contributed by atoms with Crippen LogP contribution < -0.4 is 4.90 Å². The fourth-order valence-electron chi connectivity index (χ4n) is 2.18. The van der Waals surface area contributed by atoms with Crippen molar-refractivity contribution in [3.63, 3.8) is 0 Å². The number of hydrogen-bond donors (Lipinski definition) is 0. The zero-order valence-corrected chi connectivity index (χ0v) is 11.6. The van der Waals surface area contributed by atoms with Gasteiger partial charge in [0.15, 0.2) is 0 Å². The molecule has 2 rings (SSSR count). The van der Waals surface area contributed by atoms with Crippen molar-refractivity contribution in [2.24, 2.45) is 0 Å². The first-order chi connectivity index (χ1) is 8.76. The molecule has 18 heavy (non-hydrogen) atoms. The molecule has 0 amide bonds. The molecule has 0 radical (unpaired) electrons. The molecule has 0 spiro atoms. The van der Waals surface area contributed by atoms with E-state index in [1.807, 2.05) is 6.07 Å². The third-order valence-electron chi connectivity index (χ3n) is 3.05. The lowest BCUT2D eigenvalue weighted by molar-refractivity contribution is 1.01. The zero-order chi connectivity index (χ0) is 13.0. The van der Waals surface area contributed by atoms with Crippen molar-refractivity contribution in [2.45, 2.75) is 19.7 Å². The quantitative estimate of drug-likeness (QED) is 0.707. The van der Waals surface area contributed by atoms with Crippen molar-refractivity contribution in [3.05, 3.63) is 59.7 Å². The first kappa shape index (κ1) is 13.0. The number of para-hydroxylation sites is 1. The molecule has 0 saturated heterocycles. The summed E-state index contributed by atoms with van der Waals surface area (Å²) in [6.07, 6.45) is 0. The highest BCUT2D eigenvalue weighted by atomic mass is 35.5. The van der Waals surface area contributed by atoms with Crippen LogP contribution in [0.4, 0.5) is 11.4 Å². The first-order valence-corrected chi connectivity index (χ1v) is 6.77. The molecule has 0 aliphatic heterocycles. The van der Waals surface area contributed by atoms with E-state index in [4.69, 9.17) is 11.6 Å². The van der Waals surface area contributed by atoms with Gasteiger partial charge in [0.2, 0.25) is 0 Å². The molecule has 0 aromatic heterocycles. The van der Waals surface area contributed by atoms with Gasteiger partial charge in [0.1, 0.15) is 0 Å². The van der Waals surface area contributed by atoms with Crippen molar-refractivity contribution in [2.75, 3.05) is 11.4 Å². The monoisotopic (exact) mass is 259 g/mol. The van der Waals surface area contributed by atoms with Crippen molar-refractivity contribution in [1.29, 1.82) is 0 Å². The summed E-state index contributed by atoms with van der Waals surface area (Å²) in [5, 5.41) is 0. The second kappa shape index (κ2) is 5.92. The SMILES string of the molecule is CCN(c1ccccc1)c1ccc(C)cc1CCl. The molecule has 0 bridgehead atoms. The summed E-state index contributed by atoms with van der Waals surface area (Å²) in [6.45, 7) is 5.18. The molecule has 0 saturated carbocycles. The van der Waals surface area contributed by atoms with Crippen molar-refractivity contribution < 1.29 is 0 Å². The highest BCUT2D eigenvalue weighted by Gasteiger charge is 2.11. The van der Waals surface area contributed by atoms with E-state index < -0.39 is 0 Å². The van der Waals surface area contributed by atoms with E-state index in [0.717, 1.165) is 6.54 Å². The smallest absolute Gasteiger partial charge is 0.0494 e. The van der Waals surface area contributed by atoms with Gasteiger partial charge in [-0.05, 0) is 37.6 Å². The van der Waals surface area contributed by atoms with Gasteiger partial charge >= 0.3 is 0 Å². The molecule has 0 unspecified atom stereocenters. The Bertz CT molecular complexity index is 508. The van der Waals surface area contributed by atoms with Gasteiger partial charge in [0, 0.05) is 23.8 Å². The number of nitrogens with zero attached hydrogens (tertiary/aromatic N) is 1. The summed E-state index contributed by atoms with van der Waals surface area (Å²) in [6, 6.07) is 16.9. The molecule has 0 aliphatic carbocycles. The van der Waals surface area contributed by atoms with Gasteiger partial charge in [-0.15, -0.1) is 11.6 Å². The number of anilines is 2. The van der Waals surface area contributed by atoms with Crippen LogP contribution >= 0.6 is 11.6 Å². The Morgan fingerprint density at radius 2 is 1.78 bits per heavy atom. The van der Waals surface area contributed by atoms with E-state index in [2.05, 4.69) is 61.2 Å². The van der Waals surface area contributed by atoms with E-state index in [1.54, 1.807) is 0 Å². The summed E-state index contributed by atoms with van der Waals surface area (Å²) in [7, 11) is 0. The van der Waals surface area contributed by atoms with E-state index in [9.17, 15) is 0 Å². The number of alkyl halides is 1. The van der Waals surface area contributed by atoms with Crippen LogP contribution in [0.1, 0.15) is 18.1 Å². The fourth-order valence-corrected chi connectivity index (χ4v) is 2.40. The molecule has 1 nitrogen and oxygen atoms in total. The van der Waals surface area contributed by atoms with E-state index >= 15 is 0 Å². The van der Waals surface area contributed by atoms with Crippen LogP contribution in [-0.2, 0) is 5.88 Å². The molecule has 0 atom stereocenters. The second-order valence-corrected chi connectivity index (χ2v) is 4.61. The third-order valence-corrected chi connectivity index (χ3v) is 3.34. The number of benzene rings is 2. The van der Waals surface area contributed by atoms with Gasteiger partial charge in [0.05, 0.1) is 0 Å². The molecular weight excluding hydrogens is 242 g/mol. The zero-order valence-electron chi connectivity index (χ0n) is 10.9. The predicted molar refractivity (Wildman–Crippen MR) is 79.9 cm³/mol. The molecule has 2 aromatic carbocycles. The molecule has 0 heterocycles. The van der Waals surface area contributed by atoms with Crippen LogP contribution in [0.3, 0.4) is 0 Å². The van der Waals surface area contributed by atoms with E-state index in [1.165, 1.54) is 22.5 Å². The molecule has 2 aromatic rings. The fraction of sp³-hybridized carbons (Fsp3) is 0.250. The van der Waals surface area contributed by atoms with E-state index in [0.29, 0.717) is 5.88 Å². The van der Waals surface area contributed by atoms with Crippen molar-refractivity contribution in [1.82, 2.24) is 0 Å². The average Bonchev–Trinajstić information content (AvgIpc) is 2.42. The van der Waals surface area contributed by atoms with Gasteiger partial charge in [-0.3, -0.25) is 0 Å². The number of aryl methyl sites for hydroxylation is 1. The number of hydrogen-bond acceptors (Lipinski definition) is 1. The topological polar surface area (TPSA) is 3.24 Å². The molecule has 2 heteroatoms. The number of rotatable bonds is 4. The lowest BCUT2D eigenvalue weighted by atomic mass is 10.1. The number of halogens is 1. The maximum Gasteiger partial charge on any atom is 0.0494 e. The maximum absolute atomic E-state index is 6.07. The minimum atomic E-state index is 0.542. The highest BCUT2D eigenvalue weighted by Crippen LogP contribution is 2.29. The Kier molecular flexibility index (Phi) is 4.27. The highest BCUT2D eigenvalue weighted by molar-refractivity contribution is 6.17. The first-order valence-electron chi connectivity index (χ1n) is 6.24. The molecule has 0 N–H and O–H groups in total. The van der Waals surface area contributed by atoms with Gasteiger partial charge in [-0.25, -0.2) is 0 Å². The molecule has 94 valence electrons. The second-order valence-electron chi connectivity index (χ2n) is 4.35. The Morgan fingerprint density at radius 1 is 1.06 bits per heavy atom. The van der Waals surface area contributed by atoms with Gasteiger partial charge in [0.25, 0.3) is 0 Å². The largest absolute Gasteiger partial charge is 0.342 e. The van der Waals surface area contributed by atoms with Gasteiger partial charge in [-0.1, -0.05) is 35.9 Å².